The molecule has 3 rings (SSSR count). The zero-order valence-corrected chi connectivity index (χ0v) is 23.0. The van der Waals surface area contributed by atoms with Crippen LogP contribution in [0, 0.1) is 19.8 Å². The average Bonchev–Trinajstić information content (AvgIpc) is 2.81. The van der Waals surface area contributed by atoms with Gasteiger partial charge in [0.15, 0.2) is 0 Å². The number of aromatic nitrogens is 1. The molecule has 0 saturated heterocycles. The number of hydrogen-bond acceptors (Lipinski definition) is 5. The zero-order chi connectivity index (χ0) is 27.2. The Hall–Kier alpha value is -3.67. The van der Waals surface area contributed by atoms with Gasteiger partial charge in [-0.2, -0.15) is 0 Å². The third kappa shape index (κ3) is 7.91. The maximum Gasteiger partial charge on any atom is 0.407 e. The van der Waals surface area contributed by atoms with Gasteiger partial charge >= 0.3 is 12.1 Å². The molecule has 0 aliphatic rings. The lowest BCUT2D eigenvalue weighted by molar-refractivity contribution is 0.0471. The number of pyridine rings is 1. The van der Waals surface area contributed by atoms with Gasteiger partial charge in [0, 0.05) is 23.4 Å². The average molecular weight is 503 g/mol. The first-order chi connectivity index (χ1) is 17.4. The summed E-state index contributed by atoms with van der Waals surface area (Å²) in [4.78, 5) is 30.9. The minimum Gasteiger partial charge on any atom is -0.457 e. The van der Waals surface area contributed by atoms with Gasteiger partial charge in [0.2, 0.25) is 0 Å². The van der Waals surface area contributed by atoms with Gasteiger partial charge in [0.05, 0.1) is 11.3 Å². The number of benzene rings is 2. The van der Waals surface area contributed by atoms with Crippen LogP contribution in [0.1, 0.15) is 73.1 Å². The molecule has 1 N–H and O–H groups in total. The van der Waals surface area contributed by atoms with Crippen LogP contribution in [-0.2, 0) is 29.0 Å². The van der Waals surface area contributed by atoms with Crippen molar-refractivity contribution >= 4 is 12.1 Å². The number of rotatable bonds is 8. The Balaban J connectivity index is 2.11. The number of hydrogen-bond donors (Lipinski definition) is 1. The van der Waals surface area contributed by atoms with Crippen molar-refractivity contribution in [3.8, 4) is 11.1 Å². The first-order valence-electron chi connectivity index (χ1n) is 12.7. The second-order valence-electron chi connectivity index (χ2n) is 10.8. The molecule has 6 heteroatoms. The molecule has 0 aliphatic carbocycles. The highest BCUT2D eigenvalue weighted by atomic mass is 16.6. The van der Waals surface area contributed by atoms with Crippen molar-refractivity contribution in [2.75, 3.05) is 0 Å². The maximum absolute atomic E-state index is 13.5. The van der Waals surface area contributed by atoms with E-state index in [1.54, 1.807) is 0 Å². The van der Waals surface area contributed by atoms with Gasteiger partial charge < -0.3 is 14.8 Å². The molecule has 1 heterocycles. The smallest absolute Gasteiger partial charge is 0.407 e. The van der Waals surface area contributed by atoms with E-state index in [9.17, 15) is 9.59 Å². The fourth-order valence-electron chi connectivity index (χ4n) is 4.11. The van der Waals surface area contributed by atoms with Crippen molar-refractivity contribution in [2.24, 2.45) is 5.92 Å². The summed E-state index contributed by atoms with van der Waals surface area (Å²) >= 11 is 0. The van der Waals surface area contributed by atoms with Gasteiger partial charge in [-0.25, -0.2) is 9.59 Å². The molecule has 37 heavy (non-hydrogen) atoms. The van der Waals surface area contributed by atoms with Gasteiger partial charge in [-0.1, -0.05) is 74.0 Å². The molecule has 2 aromatic carbocycles. The summed E-state index contributed by atoms with van der Waals surface area (Å²) in [6, 6.07) is 17.6. The van der Waals surface area contributed by atoms with Crippen LogP contribution in [-0.4, -0.2) is 22.6 Å². The largest absolute Gasteiger partial charge is 0.457 e. The van der Waals surface area contributed by atoms with Crippen molar-refractivity contribution in [1.29, 1.82) is 0 Å². The first kappa shape index (κ1) is 27.9. The Kier molecular flexibility index (Phi) is 9.09. The number of esters is 1. The third-order valence-electron chi connectivity index (χ3n) is 5.73. The maximum atomic E-state index is 13.5. The van der Waals surface area contributed by atoms with Crippen LogP contribution in [0.15, 0.2) is 54.6 Å². The summed E-state index contributed by atoms with van der Waals surface area (Å²) in [5.41, 5.74) is 5.65. The number of ether oxygens (including phenoxy) is 2. The molecule has 0 fully saturated rings. The second-order valence-corrected chi connectivity index (χ2v) is 10.8. The molecule has 0 unspecified atom stereocenters. The summed E-state index contributed by atoms with van der Waals surface area (Å²) in [5, 5.41) is 2.88. The fraction of sp³-hybridized carbons (Fsp3) is 0.387. The number of carbonyl (C=O) groups excluding carboxylic acids is 2. The van der Waals surface area contributed by atoms with E-state index >= 15 is 0 Å². The highest BCUT2D eigenvalue weighted by Gasteiger charge is 2.26. The van der Waals surface area contributed by atoms with E-state index in [4.69, 9.17) is 14.5 Å². The quantitative estimate of drug-likeness (QED) is 0.337. The lowest BCUT2D eigenvalue weighted by Gasteiger charge is -2.23. The Morgan fingerprint density at radius 2 is 1.62 bits per heavy atom. The van der Waals surface area contributed by atoms with Crippen molar-refractivity contribution < 1.29 is 19.1 Å². The lowest BCUT2D eigenvalue weighted by atomic mass is 9.89. The normalized spacial score (nSPS) is 11.4. The monoisotopic (exact) mass is 502 g/mol. The fourth-order valence-corrected chi connectivity index (χ4v) is 4.11. The minimum atomic E-state index is -0.622. The molecule has 1 aromatic heterocycles. The van der Waals surface area contributed by atoms with Crippen LogP contribution in [0.25, 0.3) is 11.1 Å². The molecule has 0 atom stereocenters. The number of amides is 1. The number of aryl methyl sites for hydroxylation is 2. The summed E-state index contributed by atoms with van der Waals surface area (Å²) in [7, 11) is 0. The Labute approximate surface area is 220 Å². The second kappa shape index (κ2) is 12.0. The van der Waals surface area contributed by atoms with E-state index in [0.29, 0.717) is 23.6 Å². The van der Waals surface area contributed by atoms with E-state index in [0.717, 1.165) is 33.5 Å². The number of nitrogens with zero attached hydrogens (tertiary/aromatic N) is 1. The predicted octanol–water partition coefficient (Wildman–Crippen LogP) is 6.95. The van der Waals surface area contributed by atoms with E-state index in [1.807, 2.05) is 89.2 Å². The minimum absolute atomic E-state index is 0.158. The van der Waals surface area contributed by atoms with E-state index in [2.05, 4.69) is 19.2 Å². The van der Waals surface area contributed by atoms with Crippen LogP contribution < -0.4 is 5.32 Å². The van der Waals surface area contributed by atoms with Gasteiger partial charge in [-0.15, -0.1) is 0 Å². The van der Waals surface area contributed by atoms with Gasteiger partial charge in [0.25, 0.3) is 0 Å². The Morgan fingerprint density at radius 3 is 2.22 bits per heavy atom. The molecule has 0 bridgehead atoms. The van der Waals surface area contributed by atoms with Crippen LogP contribution in [0.3, 0.4) is 0 Å². The van der Waals surface area contributed by atoms with E-state index in [-0.39, 0.29) is 13.2 Å². The molecular weight excluding hydrogens is 464 g/mol. The molecule has 0 radical (unpaired) electrons. The lowest BCUT2D eigenvalue weighted by Crippen LogP contribution is -2.32. The summed E-state index contributed by atoms with van der Waals surface area (Å²) in [5.74, 6) is -0.118. The molecule has 6 nitrogen and oxygen atoms in total. The molecule has 1 amide bonds. The van der Waals surface area contributed by atoms with Gasteiger partial charge in [-0.3, -0.25) is 4.98 Å². The van der Waals surface area contributed by atoms with Crippen molar-refractivity contribution in [1.82, 2.24) is 10.3 Å². The summed E-state index contributed by atoms with van der Waals surface area (Å²) < 4.78 is 11.2. The molecular formula is C31H38N2O4. The van der Waals surface area contributed by atoms with Crippen LogP contribution in [0.4, 0.5) is 4.79 Å². The van der Waals surface area contributed by atoms with E-state index < -0.39 is 17.7 Å². The molecule has 0 aliphatic heterocycles. The molecule has 196 valence electrons. The predicted molar refractivity (Wildman–Crippen MR) is 146 cm³/mol. The topological polar surface area (TPSA) is 77.5 Å². The standard InChI is InChI=1S/C31H38N2O4/c1-20(2)17-26-25(18-32-30(35)37-31(5,6)7)28(24-15-13-21(3)14-16-24)27(22(4)33-26)29(34)36-19-23-11-9-8-10-12-23/h8-16,20H,17-19H2,1-7H3,(H,32,35). The molecule has 0 saturated carbocycles. The van der Waals surface area contributed by atoms with Crippen molar-refractivity contribution in [3.63, 3.8) is 0 Å². The summed E-state index contributed by atoms with van der Waals surface area (Å²) in [6.45, 7) is 13.9. The zero-order valence-electron chi connectivity index (χ0n) is 23.0. The van der Waals surface area contributed by atoms with E-state index in [1.165, 1.54) is 0 Å². The van der Waals surface area contributed by atoms with Crippen molar-refractivity contribution in [3.05, 3.63) is 88.2 Å². The van der Waals surface area contributed by atoms with Crippen molar-refractivity contribution in [2.45, 2.75) is 73.6 Å². The van der Waals surface area contributed by atoms with Crippen LogP contribution in [0.2, 0.25) is 0 Å². The summed E-state index contributed by atoms with van der Waals surface area (Å²) in [6.07, 6.45) is 0.177. The van der Waals surface area contributed by atoms with Crippen LogP contribution in [0.5, 0.6) is 0 Å². The van der Waals surface area contributed by atoms with Crippen LogP contribution >= 0.6 is 0 Å². The Morgan fingerprint density at radius 1 is 0.973 bits per heavy atom. The molecule has 0 spiro atoms. The number of nitrogens with one attached hydrogen (secondary N) is 1. The number of alkyl carbamates (subject to hydrolysis) is 1. The highest BCUT2D eigenvalue weighted by molar-refractivity contribution is 5.99. The van der Waals surface area contributed by atoms with Gasteiger partial charge in [-0.05, 0) is 58.1 Å². The van der Waals surface area contributed by atoms with Gasteiger partial charge in [0.1, 0.15) is 12.2 Å². The first-order valence-corrected chi connectivity index (χ1v) is 12.7. The third-order valence-corrected chi connectivity index (χ3v) is 5.73. The Bertz CT molecular complexity index is 1230. The highest BCUT2D eigenvalue weighted by Crippen LogP contribution is 2.33. The number of carbonyl (C=O) groups is 2. The molecule has 3 aromatic rings. The SMILES string of the molecule is Cc1ccc(-c2c(CNC(=O)OC(C)(C)C)c(CC(C)C)nc(C)c2C(=O)OCc2ccccc2)cc1.